The molecule has 2 heterocycles. The molecular formula is C24H26ClN9O. The van der Waals surface area contributed by atoms with E-state index in [2.05, 4.69) is 41.0 Å². The molecule has 0 fully saturated rings. The van der Waals surface area contributed by atoms with Crippen LogP contribution in [0.1, 0.15) is 19.4 Å². The molecule has 0 atom stereocenters. The van der Waals surface area contributed by atoms with E-state index in [9.17, 15) is 0 Å². The van der Waals surface area contributed by atoms with Crippen LogP contribution in [-0.2, 0) is 0 Å². The predicted octanol–water partition coefficient (Wildman–Crippen LogP) is 4.96. The number of benzene rings is 2. The molecule has 180 valence electrons. The fourth-order valence-corrected chi connectivity index (χ4v) is 3.58. The Hall–Kier alpha value is -4.18. The van der Waals surface area contributed by atoms with Crippen molar-refractivity contribution in [3.05, 3.63) is 65.3 Å². The smallest absolute Gasteiger partial charge is 0.250 e. The second kappa shape index (κ2) is 11.3. The molecule has 0 saturated heterocycles. The third-order valence-corrected chi connectivity index (χ3v) is 5.41. The first-order valence-electron chi connectivity index (χ1n) is 11.1. The Morgan fingerprint density at radius 2 is 1.83 bits per heavy atom. The van der Waals surface area contributed by atoms with Crippen molar-refractivity contribution in [2.75, 3.05) is 35.8 Å². The van der Waals surface area contributed by atoms with Gasteiger partial charge in [-0.3, -0.25) is 5.10 Å². The van der Waals surface area contributed by atoms with E-state index in [4.69, 9.17) is 16.3 Å². The zero-order valence-corrected chi connectivity index (χ0v) is 20.4. The molecule has 0 aliphatic heterocycles. The molecule has 0 bridgehead atoms. The van der Waals surface area contributed by atoms with Gasteiger partial charge in [0.05, 0.1) is 30.9 Å². The van der Waals surface area contributed by atoms with Crippen LogP contribution in [-0.4, -0.2) is 51.6 Å². The van der Waals surface area contributed by atoms with Crippen molar-refractivity contribution in [2.45, 2.75) is 13.8 Å². The number of rotatable bonds is 10. The molecular weight excluding hydrogens is 466 g/mol. The van der Waals surface area contributed by atoms with E-state index in [1.54, 1.807) is 37.7 Å². The molecule has 3 N–H and O–H groups in total. The maximum absolute atomic E-state index is 6.18. The van der Waals surface area contributed by atoms with Crippen molar-refractivity contribution < 1.29 is 4.74 Å². The van der Waals surface area contributed by atoms with Crippen LogP contribution in [0.4, 0.5) is 23.5 Å². The van der Waals surface area contributed by atoms with Gasteiger partial charge in [-0.25, -0.2) is 5.43 Å². The van der Waals surface area contributed by atoms with Crippen molar-refractivity contribution in [3.63, 3.8) is 0 Å². The van der Waals surface area contributed by atoms with Crippen molar-refractivity contribution in [1.29, 1.82) is 0 Å². The first-order chi connectivity index (χ1) is 17.1. The number of ether oxygens (including phenoxy) is 1. The van der Waals surface area contributed by atoms with Crippen LogP contribution >= 0.6 is 11.6 Å². The Morgan fingerprint density at radius 1 is 1.06 bits per heavy atom. The Kier molecular flexibility index (Phi) is 7.74. The summed E-state index contributed by atoms with van der Waals surface area (Å²) in [5.41, 5.74) is 6.25. The fourth-order valence-electron chi connectivity index (χ4n) is 3.41. The second-order valence-electron chi connectivity index (χ2n) is 7.36. The van der Waals surface area contributed by atoms with Gasteiger partial charge in [-0.05, 0) is 32.0 Å². The number of hydrogen-bond acceptors (Lipinski definition) is 9. The summed E-state index contributed by atoms with van der Waals surface area (Å²) in [5, 5.41) is 15.2. The van der Waals surface area contributed by atoms with E-state index in [1.165, 1.54) is 0 Å². The lowest BCUT2D eigenvalue weighted by Crippen LogP contribution is -2.25. The molecule has 0 radical (unpaired) electrons. The number of aromatic amines is 1. The molecule has 4 aromatic rings. The Bertz CT molecular complexity index is 1290. The molecule has 0 saturated carbocycles. The molecule has 35 heavy (non-hydrogen) atoms. The van der Waals surface area contributed by atoms with Crippen molar-refractivity contribution in [3.8, 4) is 17.0 Å². The highest BCUT2D eigenvalue weighted by Gasteiger charge is 2.13. The first kappa shape index (κ1) is 24.0. The Morgan fingerprint density at radius 3 is 2.57 bits per heavy atom. The topological polar surface area (TPSA) is 116 Å². The summed E-state index contributed by atoms with van der Waals surface area (Å²) in [5.74, 6) is 1.74. The van der Waals surface area contributed by atoms with Gasteiger partial charge in [-0.2, -0.15) is 25.2 Å². The van der Waals surface area contributed by atoms with Gasteiger partial charge in [0.15, 0.2) is 0 Å². The van der Waals surface area contributed by atoms with E-state index in [1.807, 2.05) is 49.1 Å². The first-order valence-corrected chi connectivity index (χ1v) is 11.5. The Labute approximate surface area is 208 Å². The van der Waals surface area contributed by atoms with E-state index in [-0.39, 0.29) is 5.95 Å². The summed E-state index contributed by atoms with van der Waals surface area (Å²) in [6, 6.07) is 15.2. The lowest BCUT2D eigenvalue weighted by molar-refractivity contribution is 0.417. The van der Waals surface area contributed by atoms with Crippen LogP contribution in [0, 0.1) is 0 Å². The number of nitrogens with zero attached hydrogens (tertiary/aromatic N) is 6. The minimum atomic E-state index is 0.284. The second-order valence-corrected chi connectivity index (χ2v) is 7.80. The lowest BCUT2D eigenvalue weighted by Gasteiger charge is -2.19. The van der Waals surface area contributed by atoms with Gasteiger partial charge in [-0.15, -0.1) is 0 Å². The summed E-state index contributed by atoms with van der Waals surface area (Å²) in [6.45, 7) is 5.54. The number of hydrazone groups is 1. The number of nitrogens with one attached hydrogen (secondary N) is 3. The maximum Gasteiger partial charge on any atom is 0.250 e. The standard InChI is InChI=1S/C24H26ClN9O/c1-4-34(5-2)24-30-22(28-19-13-18(25)11-12-20(19)35-3)29-23(31-24)33-27-15-17-14-26-32-21(17)16-9-7-6-8-10-16/h6-15H,4-5H2,1-3H3,(H,26,32)(H2,28,29,30,31,33). The van der Waals surface area contributed by atoms with Gasteiger partial charge >= 0.3 is 0 Å². The number of hydrogen-bond donors (Lipinski definition) is 3. The van der Waals surface area contributed by atoms with E-state index < -0.39 is 0 Å². The molecule has 2 aromatic heterocycles. The third kappa shape index (κ3) is 5.85. The van der Waals surface area contributed by atoms with Gasteiger partial charge in [-0.1, -0.05) is 41.9 Å². The van der Waals surface area contributed by atoms with Crippen LogP contribution in [0.5, 0.6) is 5.75 Å². The lowest BCUT2D eigenvalue weighted by atomic mass is 10.1. The van der Waals surface area contributed by atoms with Gasteiger partial charge in [0.2, 0.25) is 17.8 Å². The van der Waals surface area contributed by atoms with Crippen LogP contribution in [0.25, 0.3) is 11.3 Å². The summed E-state index contributed by atoms with van der Waals surface area (Å²) in [6.07, 6.45) is 3.38. The molecule has 4 rings (SSSR count). The number of anilines is 4. The molecule has 11 heteroatoms. The predicted molar refractivity (Wildman–Crippen MR) is 140 cm³/mol. The molecule has 0 unspecified atom stereocenters. The Balaban J connectivity index is 1.61. The largest absolute Gasteiger partial charge is 0.495 e. The molecule has 0 aliphatic rings. The van der Waals surface area contributed by atoms with Gasteiger partial charge in [0.25, 0.3) is 0 Å². The molecule has 2 aromatic carbocycles. The maximum atomic E-state index is 6.18. The van der Waals surface area contributed by atoms with Crippen LogP contribution in [0.2, 0.25) is 5.02 Å². The van der Waals surface area contributed by atoms with Crippen LogP contribution < -0.4 is 20.4 Å². The fraction of sp³-hybridized carbons (Fsp3) is 0.208. The minimum absolute atomic E-state index is 0.284. The van der Waals surface area contributed by atoms with E-state index >= 15 is 0 Å². The summed E-state index contributed by atoms with van der Waals surface area (Å²) in [4.78, 5) is 15.6. The van der Waals surface area contributed by atoms with Crippen LogP contribution in [0.3, 0.4) is 0 Å². The van der Waals surface area contributed by atoms with Crippen LogP contribution in [0.15, 0.2) is 59.8 Å². The summed E-state index contributed by atoms with van der Waals surface area (Å²) in [7, 11) is 1.59. The molecule has 0 amide bonds. The van der Waals surface area contributed by atoms with Crippen molar-refractivity contribution in [2.24, 2.45) is 5.10 Å². The number of aromatic nitrogens is 5. The molecule has 10 nitrogen and oxygen atoms in total. The SMILES string of the molecule is CCN(CC)c1nc(NN=Cc2cn[nH]c2-c2ccccc2)nc(Nc2cc(Cl)ccc2OC)n1. The number of H-pyrrole nitrogens is 1. The normalized spacial score (nSPS) is 11.0. The van der Waals surface area contributed by atoms with E-state index in [0.717, 1.165) is 29.9 Å². The van der Waals surface area contributed by atoms with Gasteiger partial charge in [0, 0.05) is 29.2 Å². The quantitative estimate of drug-likeness (QED) is 0.210. The average molecular weight is 492 g/mol. The summed E-state index contributed by atoms with van der Waals surface area (Å²) < 4.78 is 5.43. The average Bonchev–Trinajstić information content (AvgIpc) is 3.34. The van der Waals surface area contributed by atoms with Gasteiger partial charge in [0.1, 0.15) is 5.75 Å². The zero-order chi connectivity index (χ0) is 24.6. The number of halogens is 1. The highest BCUT2D eigenvalue weighted by molar-refractivity contribution is 6.31. The molecule has 0 aliphatic carbocycles. The third-order valence-electron chi connectivity index (χ3n) is 5.18. The highest BCUT2D eigenvalue weighted by atomic mass is 35.5. The molecule has 0 spiro atoms. The minimum Gasteiger partial charge on any atom is -0.495 e. The zero-order valence-electron chi connectivity index (χ0n) is 19.7. The van der Waals surface area contributed by atoms with Gasteiger partial charge < -0.3 is 15.0 Å². The highest BCUT2D eigenvalue weighted by Crippen LogP contribution is 2.30. The summed E-state index contributed by atoms with van der Waals surface area (Å²) >= 11 is 6.18. The van der Waals surface area contributed by atoms with E-state index in [0.29, 0.717) is 28.4 Å². The van der Waals surface area contributed by atoms with Crippen molar-refractivity contribution >= 4 is 41.3 Å². The van der Waals surface area contributed by atoms with Crippen molar-refractivity contribution in [1.82, 2.24) is 25.1 Å². The monoisotopic (exact) mass is 491 g/mol. The number of methoxy groups -OCH3 is 1.